The van der Waals surface area contributed by atoms with Crippen LogP contribution in [0.25, 0.3) is 0 Å². The van der Waals surface area contributed by atoms with Crippen LogP contribution < -0.4 is 0 Å². The Kier molecular flexibility index (Phi) is 7.05. The molecule has 1 aliphatic heterocycles. The third-order valence-electron chi connectivity index (χ3n) is 5.04. The monoisotopic (exact) mass is 295 g/mol. The average Bonchev–Trinajstić information content (AvgIpc) is 2.43. The Hall–Kier alpha value is -0.700. The molecule has 0 aromatic rings. The van der Waals surface area contributed by atoms with E-state index in [1.807, 2.05) is 0 Å². The standard InChI is InChI=1S/C18H37N3/c1-9-11-21(15(4)5)18-13-20(12-10-16(18)6)17(7)19(8)14(2)3/h14-16,18H,7,9-13H2,1-6,8H3. The number of likely N-dealkylation sites (tertiary alicyclic amines) is 1. The van der Waals surface area contributed by atoms with Gasteiger partial charge in [-0.2, -0.15) is 0 Å². The van der Waals surface area contributed by atoms with E-state index in [1.165, 1.54) is 25.2 Å². The molecule has 1 heterocycles. The van der Waals surface area contributed by atoms with Crippen LogP contribution >= 0.6 is 0 Å². The fourth-order valence-corrected chi connectivity index (χ4v) is 3.30. The van der Waals surface area contributed by atoms with Crippen LogP contribution in [-0.2, 0) is 0 Å². The molecule has 0 aliphatic carbocycles. The van der Waals surface area contributed by atoms with E-state index in [2.05, 4.69) is 69.9 Å². The highest BCUT2D eigenvalue weighted by Crippen LogP contribution is 2.26. The Morgan fingerprint density at radius 2 is 1.86 bits per heavy atom. The summed E-state index contributed by atoms with van der Waals surface area (Å²) in [5, 5.41) is 0. The Morgan fingerprint density at radius 1 is 1.24 bits per heavy atom. The molecule has 21 heavy (non-hydrogen) atoms. The summed E-state index contributed by atoms with van der Waals surface area (Å²) >= 11 is 0. The maximum absolute atomic E-state index is 4.34. The number of nitrogens with zero attached hydrogens (tertiary/aromatic N) is 3. The molecule has 3 heteroatoms. The highest BCUT2D eigenvalue weighted by atomic mass is 15.3. The lowest BCUT2D eigenvalue weighted by molar-refractivity contribution is 0.0396. The van der Waals surface area contributed by atoms with E-state index in [9.17, 15) is 0 Å². The van der Waals surface area contributed by atoms with E-state index < -0.39 is 0 Å². The lowest BCUT2D eigenvalue weighted by atomic mass is 9.91. The van der Waals surface area contributed by atoms with Crippen LogP contribution in [0.1, 0.15) is 54.4 Å². The Labute approximate surface area is 133 Å². The number of rotatable bonds is 7. The summed E-state index contributed by atoms with van der Waals surface area (Å²) in [5.74, 6) is 1.95. The maximum atomic E-state index is 4.34. The molecule has 3 nitrogen and oxygen atoms in total. The summed E-state index contributed by atoms with van der Waals surface area (Å²) in [6.45, 7) is 21.6. The van der Waals surface area contributed by atoms with Gasteiger partial charge in [0, 0.05) is 38.3 Å². The van der Waals surface area contributed by atoms with Gasteiger partial charge < -0.3 is 9.80 Å². The second-order valence-electron chi connectivity index (χ2n) is 7.23. The second kappa shape index (κ2) is 8.07. The predicted octanol–water partition coefficient (Wildman–Crippen LogP) is 3.63. The number of piperidine rings is 1. The molecule has 1 aliphatic rings. The van der Waals surface area contributed by atoms with Crippen LogP contribution in [0.4, 0.5) is 0 Å². The van der Waals surface area contributed by atoms with Crippen molar-refractivity contribution in [3.8, 4) is 0 Å². The van der Waals surface area contributed by atoms with Gasteiger partial charge in [0.25, 0.3) is 0 Å². The normalized spacial score (nSPS) is 23.2. The molecule has 1 saturated heterocycles. The van der Waals surface area contributed by atoms with Gasteiger partial charge in [0.2, 0.25) is 0 Å². The van der Waals surface area contributed by atoms with Gasteiger partial charge in [-0.25, -0.2) is 0 Å². The third kappa shape index (κ3) is 4.64. The third-order valence-corrected chi connectivity index (χ3v) is 5.04. The Balaban J connectivity index is 2.79. The first-order chi connectivity index (χ1) is 9.79. The van der Waals surface area contributed by atoms with Gasteiger partial charge in [-0.05, 0) is 53.0 Å². The lowest BCUT2D eigenvalue weighted by Gasteiger charge is -2.47. The topological polar surface area (TPSA) is 9.72 Å². The first-order valence-corrected chi connectivity index (χ1v) is 8.71. The van der Waals surface area contributed by atoms with E-state index in [0.29, 0.717) is 18.1 Å². The highest BCUT2D eigenvalue weighted by molar-refractivity contribution is 4.99. The van der Waals surface area contributed by atoms with Crippen LogP contribution in [0, 0.1) is 5.92 Å². The zero-order valence-electron chi connectivity index (χ0n) is 15.4. The molecule has 0 radical (unpaired) electrons. The van der Waals surface area contributed by atoms with Crippen molar-refractivity contribution in [1.82, 2.24) is 14.7 Å². The van der Waals surface area contributed by atoms with Gasteiger partial charge in [0.15, 0.2) is 0 Å². The second-order valence-corrected chi connectivity index (χ2v) is 7.23. The van der Waals surface area contributed by atoms with Crippen LogP contribution in [0.5, 0.6) is 0 Å². The smallest absolute Gasteiger partial charge is 0.0965 e. The van der Waals surface area contributed by atoms with Crippen molar-refractivity contribution < 1.29 is 0 Å². The lowest BCUT2D eigenvalue weighted by Crippen LogP contribution is -2.55. The first-order valence-electron chi connectivity index (χ1n) is 8.71. The molecule has 0 bridgehead atoms. The molecule has 0 aromatic carbocycles. The van der Waals surface area contributed by atoms with Crippen molar-refractivity contribution in [2.45, 2.75) is 72.5 Å². The average molecular weight is 296 g/mol. The summed E-state index contributed by atoms with van der Waals surface area (Å²) in [4.78, 5) is 7.49. The fourth-order valence-electron chi connectivity index (χ4n) is 3.30. The Bertz CT molecular complexity index is 324. The van der Waals surface area contributed by atoms with Crippen LogP contribution in [0.3, 0.4) is 0 Å². The zero-order chi connectivity index (χ0) is 16.2. The molecule has 0 amide bonds. The van der Waals surface area contributed by atoms with E-state index in [0.717, 1.165) is 19.0 Å². The van der Waals surface area contributed by atoms with Crippen molar-refractivity contribution in [3.05, 3.63) is 12.4 Å². The molecule has 0 N–H and O–H groups in total. The number of hydrogen-bond acceptors (Lipinski definition) is 3. The molecule has 0 saturated carbocycles. The first kappa shape index (κ1) is 18.3. The SMILES string of the molecule is C=C(N1CCC(C)C(N(CCC)C(C)C)C1)N(C)C(C)C. The van der Waals surface area contributed by atoms with Gasteiger partial charge in [0.05, 0.1) is 5.82 Å². The van der Waals surface area contributed by atoms with Crippen LogP contribution in [0.15, 0.2) is 12.4 Å². The molecular formula is C18H37N3. The minimum atomic E-state index is 0.507. The molecule has 124 valence electrons. The molecule has 2 unspecified atom stereocenters. The van der Waals surface area contributed by atoms with E-state index in [4.69, 9.17) is 0 Å². The Morgan fingerprint density at radius 3 is 2.33 bits per heavy atom. The summed E-state index contributed by atoms with van der Waals surface area (Å²) in [5.41, 5.74) is 0. The minimum Gasteiger partial charge on any atom is -0.359 e. The van der Waals surface area contributed by atoms with E-state index in [-0.39, 0.29) is 0 Å². The van der Waals surface area contributed by atoms with Crippen LogP contribution in [0.2, 0.25) is 0 Å². The number of hydrogen-bond donors (Lipinski definition) is 0. The van der Waals surface area contributed by atoms with Crippen molar-refractivity contribution in [2.75, 3.05) is 26.7 Å². The molecule has 1 rings (SSSR count). The van der Waals surface area contributed by atoms with Crippen molar-refractivity contribution in [3.63, 3.8) is 0 Å². The minimum absolute atomic E-state index is 0.507. The summed E-state index contributed by atoms with van der Waals surface area (Å²) < 4.78 is 0. The fraction of sp³-hybridized carbons (Fsp3) is 0.889. The van der Waals surface area contributed by atoms with Crippen molar-refractivity contribution >= 4 is 0 Å². The van der Waals surface area contributed by atoms with Gasteiger partial charge in [-0.15, -0.1) is 0 Å². The van der Waals surface area contributed by atoms with Gasteiger partial charge >= 0.3 is 0 Å². The molecule has 0 aromatic heterocycles. The van der Waals surface area contributed by atoms with Crippen molar-refractivity contribution in [1.29, 1.82) is 0 Å². The molecule has 1 fully saturated rings. The molecular weight excluding hydrogens is 258 g/mol. The molecule has 2 atom stereocenters. The highest BCUT2D eigenvalue weighted by Gasteiger charge is 2.32. The van der Waals surface area contributed by atoms with Crippen LogP contribution in [-0.4, -0.2) is 59.5 Å². The predicted molar refractivity (Wildman–Crippen MR) is 93.3 cm³/mol. The van der Waals surface area contributed by atoms with E-state index >= 15 is 0 Å². The maximum Gasteiger partial charge on any atom is 0.0965 e. The summed E-state index contributed by atoms with van der Waals surface area (Å²) in [6.07, 6.45) is 2.50. The largest absolute Gasteiger partial charge is 0.359 e. The van der Waals surface area contributed by atoms with Gasteiger partial charge in [-0.3, -0.25) is 4.90 Å². The molecule has 0 spiro atoms. The van der Waals surface area contributed by atoms with Gasteiger partial charge in [0.1, 0.15) is 0 Å². The summed E-state index contributed by atoms with van der Waals surface area (Å²) in [6, 6.07) is 1.77. The van der Waals surface area contributed by atoms with E-state index in [1.54, 1.807) is 0 Å². The summed E-state index contributed by atoms with van der Waals surface area (Å²) in [7, 11) is 2.16. The quantitative estimate of drug-likeness (QED) is 0.710. The van der Waals surface area contributed by atoms with Gasteiger partial charge in [-0.1, -0.05) is 20.4 Å². The zero-order valence-corrected chi connectivity index (χ0v) is 15.4. The van der Waals surface area contributed by atoms with Crippen molar-refractivity contribution in [2.24, 2.45) is 5.92 Å².